The van der Waals surface area contributed by atoms with E-state index in [9.17, 15) is 0 Å². The Morgan fingerprint density at radius 1 is 1.32 bits per heavy atom. The molecule has 2 aromatic heterocycles. The van der Waals surface area contributed by atoms with Crippen LogP contribution in [0.15, 0.2) is 42.7 Å². The molecule has 0 aliphatic carbocycles. The van der Waals surface area contributed by atoms with E-state index in [1.54, 1.807) is 6.07 Å². The molecule has 2 aliphatic rings. The zero-order valence-corrected chi connectivity index (χ0v) is 14.1. The van der Waals surface area contributed by atoms with Crippen molar-refractivity contribution in [2.75, 3.05) is 25.0 Å². The third-order valence-corrected chi connectivity index (χ3v) is 4.98. The van der Waals surface area contributed by atoms with E-state index in [0.29, 0.717) is 12.3 Å². The summed E-state index contributed by atoms with van der Waals surface area (Å²) in [6.07, 6.45) is 5.71. The number of pyridine rings is 2. The Morgan fingerprint density at radius 2 is 2.20 bits per heavy atom. The first-order valence-electron chi connectivity index (χ1n) is 8.64. The molecule has 2 aromatic rings. The summed E-state index contributed by atoms with van der Waals surface area (Å²) < 4.78 is 6.20. The first kappa shape index (κ1) is 16.0. The van der Waals surface area contributed by atoms with Gasteiger partial charge in [-0.3, -0.25) is 9.88 Å². The van der Waals surface area contributed by atoms with Gasteiger partial charge in [-0.05, 0) is 36.2 Å². The molecule has 4 rings (SSSR count). The molecule has 6 heteroatoms. The molecule has 4 heterocycles. The number of hydrogen-bond donors (Lipinski definition) is 1. The predicted octanol–water partition coefficient (Wildman–Crippen LogP) is 2.19. The van der Waals surface area contributed by atoms with Crippen LogP contribution in [-0.2, 0) is 11.3 Å². The standard InChI is InChI=1S/C19H21N5O/c20-11-16-2-1-3-18(22-16)23-17-10-19(25-13-17)6-9-24(14-19)12-15-4-7-21-8-5-15/h1-5,7-8,17H,6,9-10,12-14H2,(H,22,23)/t17-,19+/m0/s1. The second kappa shape index (κ2) is 6.79. The Balaban J connectivity index is 1.35. The van der Waals surface area contributed by atoms with E-state index in [1.807, 2.05) is 24.5 Å². The molecule has 1 N–H and O–H groups in total. The van der Waals surface area contributed by atoms with Gasteiger partial charge in [0, 0.05) is 38.4 Å². The summed E-state index contributed by atoms with van der Waals surface area (Å²) in [5, 5.41) is 12.4. The fourth-order valence-electron chi connectivity index (χ4n) is 3.82. The third kappa shape index (κ3) is 3.63. The van der Waals surface area contributed by atoms with Crippen LogP contribution in [0.3, 0.4) is 0 Å². The van der Waals surface area contributed by atoms with E-state index in [0.717, 1.165) is 38.3 Å². The average molecular weight is 335 g/mol. The molecule has 0 saturated carbocycles. The van der Waals surface area contributed by atoms with Gasteiger partial charge in [-0.25, -0.2) is 4.98 Å². The van der Waals surface area contributed by atoms with Crippen molar-refractivity contribution >= 4 is 5.82 Å². The molecule has 0 aromatic carbocycles. The zero-order valence-electron chi connectivity index (χ0n) is 14.1. The van der Waals surface area contributed by atoms with E-state index in [4.69, 9.17) is 10.00 Å². The monoisotopic (exact) mass is 335 g/mol. The SMILES string of the molecule is N#Cc1cccc(N[C@@H]2CO[C@]3(CCN(Cc4ccncc4)C3)C2)n1. The highest BCUT2D eigenvalue weighted by molar-refractivity contribution is 5.39. The van der Waals surface area contributed by atoms with Gasteiger partial charge < -0.3 is 10.1 Å². The minimum Gasteiger partial charge on any atom is -0.371 e. The van der Waals surface area contributed by atoms with Crippen molar-refractivity contribution in [1.29, 1.82) is 5.26 Å². The highest BCUT2D eigenvalue weighted by Crippen LogP contribution is 2.36. The van der Waals surface area contributed by atoms with Crippen LogP contribution in [0.4, 0.5) is 5.82 Å². The lowest BCUT2D eigenvalue weighted by atomic mass is 9.97. The summed E-state index contributed by atoms with van der Waals surface area (Å²) >= 11 is 0. The topological polar surface area (TPSA) is 74.1 Å². The molecule has 1 spiro atoms. The average Bonchev–Trinajstić information content (AvgIpc) is 3.22. The highest BCUT2D eigenvalue weighted by Gasteiger charge is 2.45. The molecule has 0 radical (unpaired) electrons. The molecule has 25 heavy (non-hydrogen) atoms. The highest BCUT2D eigenvalue weighted by atomic mass is 16.5. The summed E-state index contributed by atoms with van der Waals surface area (Å²) in [5.41, 5.74) is 1.66. The normalized spacial score (nSPS) is 26.0. The van der Waals surface area contributed by atoms with Gasteiger partial charge >= 0.3 is 0 Å². The number of likely N-dealkylation sites (tertiary alicyclic amines) is 1. The van der Waals surface area contributed by atoms with Crippen LogP contribution in [0.1, 0.15) is 24.1 Å². The lowest BCUT2D eigenvalue weighted by Crippen LogP contribution is -2.33. The van der Waals surface area contributed by atoms with Gasteiger partial charge in [0.15, 0.2) is 0 Å². The Bertz CT molecular complexity index is 775. The van der Waals surface area contributed by atoms with E-state index in [1.165, 1.54) is 5.56 Å². The summed E-state index contributed by atoms with van der Waals surface area (Å²) in [7, 11) is 0. The van der Waals surface area contributed by atoms with Crippen molar-refractivity contribution in [1.82, 2.24) is 14.9 Å². The number of ether oxygens (including phenoxy) is 1. The zero-order chi connectivity index (χ0) is 17.1. The summed E-state index contributed by atoms with van der Waals surface area (Å²) in [5.74, 6) is 0.747. The van der Waals surface area contributed by atoms with Crippen molar-refractivity contribution in [3.63, 3.8) is 0 Å². The fraction of sp³-hybridized carbons (Fsp3) is 0.421. The molecule has 2 atom stereocenters. The minimum atomic E-state index is -0.0580. The predicted molar refractivity (Wildman–Crippen MR) is 93.8 cm³/mol. The smallest absolute Gasteiger partial charge is 0.142 e. The molecule has 6 nitrogen and oxygen atoms in total. The molecular weight excluding hydrogens is 314 g/mol. The number of hydrogen-bond acceptors (Lipinski definition) is 6. The molecular formula is C19H21N5O. The van der Waals surface area contributed by atoms with Gasteiger partial charge in [-0.2, -0.15) is 5.26 Å². The number of rotatable bonds is 4. The molecule has 128 valence electrons. The van der Waals surface area contributed by atoms with Crippen molar-refractivity contribution in [2.45, 2.75) is 31.0 Å². The number of aromatic nitrogens is 2. The van der Waals surface area contributed by atoms with Gasteiger partial charge in [0.25, 0.3) is 0 Å². The second-order valence-corrected chi connectivity index (χ2v) is 6.88. The van der Waals surface area contributed by atoms with Gasteiger partial charge in [-0.15, -0.1) is 0 Å². The lowest BCUT2D eigenvalue weighted by molar-refractivity contribution is 0.0120. The van der Waals surface area contributed by atoms with Crippen molar-refractivity contribution in [3.8, 4) is 6.07 Å². The number of nitrogens with zero attached hydrogens (tertiary/aromatic N) is 4. The van der Waals surface area contributed by atoms with E-state index >= 15 is 0 Å². The quantitative estimate of drug-likeness (QED) is 0.923. The second-order valence-electron chi connectivity index (χ2n) is 6.88. The molecule has 0 bridgehead atoms. The number of nitriles is 1. The van der Waals surface area contributed by atoms with Crippen LogP contribution in [-0.4, -0.2) is 46.2 Å². The summed E-state index contributed by atoms with van der Waals surface area (Å²) in [6, 6.07) is 11.9. The van der Waals surface area contributed by atoms with Crippen LogP contribution >= 0.6 is 0 Å². The molecule has 0 unspecified atom stereocenters. The fourth-order valence-corrected chi connectivity index (χ4v) is 3.82. The van der Waals surface area contributed by atoms with Crippen LogP contribution in [0, 0.1) is 11.3 Å². The van der Waals surface area contributed by atoms with Crippen LogP contribution in [0.25, 0.3) is 0 Å². The van der Waals surface area contributed by atoms with Crippen LogP contribution in [0.5, 0.6) is 0 Å². The van der Waals surface area contributed by atoms with Gasteiger partial charge in [0.2, 0.25) is 0 Å². The Kier molecular flexibility index (Phi) is 4.35. The first-order chi connectivity index (χ1) is 12.2. The van der Waals surface area contributed by atoms with Crippen molar-refractivity contribution in [3.05, 3.63) is 54.0 Å². The van der Waals surface area contributed by atoms with E-state index in [-0.39, 0.29) is 11.6 Å². The Hall–Kier alpha value is -2.49. The van der Waals surface area contributed by atoms with E-state index < -0.39 is 0 Å². The Morgan fingerprint density at radius 3 is 3.04 bits per heavy atom. The summed E-state index contributed by atoms with van der Waals surface area (Å²) in [4.78, 5) is 10.8. The lowest BCUT2D eigenvalue weighted by Gasteiger charge is -2.23. The van der Waals surface area contributed by atoms with Crippen molar-refractivity contribution < 1.29 is 4.74 Å². The van der Waals surface area contributed by atoms with Gasteiger partial charge in [-0.1, -0.05) is 6.07 Å². The van der Waals surface area contributed by atoms with E-state index in [2.05, 4.69) is 38.4 Å². The van der Waals surface area contributed by atoms with Gasteiger partial charge in [0.05, 0.1) is 18.2 Å². The van der Waals surface area contributed by atoms with Crippen LogP contribution in [0.2, 0.25) is 0 Å². The van der Waals surface area contributed by atoms with Crippen molar-refractivity contribution in [2.24, 2.45) is 0 Å². The number of nitrogens with one attached hydrogen (secondary N) is 1. The molecule has 2 saturated heterocycles. The maximum Gasteiger partial charge on any atom is 0.142 e. The molecule has 2 aliphatic heterocycles. The maximum absolute atomic E-state index is 8.97. The van der Waals surface area contributed by atoms with Crippen LogP contribution < -0.4 is 5.32 Å². The molecule has 0 amide bonds. The Labute approximate surface area is 147 Å². The molecule has 2 fully saturated rings. The maximum atomic E-state index is 8.97. The third-order valence-electron chi connectivity index (χ3n) is 4.98. The first-order valence-corrected chi connectivity index (χ1v) is 8.64. The number of anilines is 1. The van der Waals surface area contributed by atoms with Gasteiger partial charge in [0.1, 0.15) is 17.6 Å². The summed E-state index contributed by atoms with van der Waals surface area (Å²) in [6.45, 7) is 3.63. The largest absolute Gasteiger partial charge is 0.371 e. The minimum absolute atomic E-state index is 0.0580.